The fourth-order valence-corrected chi connectivity index (χ4v) is 5.05. The number of hydrogen-bond donors (Lipinski definition) is 2. The lowest BCUT2D eigenvalue weighted by Crippen LogP contribution is -2.45. The van der Waals surface area contributed by atoms with Crippen molar-refractivity contribution in [3.8, 4) is 0 Å². The molecule has 0 aromatic rings. The number of likely N-dealkylation sites (tertiary alicyclic amines) is 1. The summed E-state index contributed by atoms with van der Waals surface area (Å²) in [5, 5.41) is 3.22. The first-order valence-electron chi connectivity index (χ1n) is 9.57. The van der Waals surface area contributed by atoms with E-state index >= 15 is 0 Å². The zero-order chi connectivity index (χ0) is 17.8. The number of sulfonamides is 1. The average molecular weight is 373 g/mol. The zero-order valence-corrected chi connectivity index (χ0v) is 16.1. The third-order valence-electron chi connectivity index (χ3n) is 5.82. The van der Waals surface area contributed by atoms with Crippen molar-refractivity contribution in [1.29, 1.82) is 0 Å². The third-order valence-corrected chi connectivity index (χ3v) is 7.17. The van der Waals surface area contributed by atoms with Crippen LogP contribution in [0, 0.1) is 5.41 Å². The van der Waals surface area contributed by atoms with Crippen LogP contribution in [0.25, 0.3) is 0 Å². The van der Waals surface area contributed by atoms with Crippen molar-refractivity contribution in [2.45, 2.75) is 51.0 Å². The van der Waals surface area contributed by atoms with Crippen LogP contribution in [-0.2, 0) is 14.8 Å². The highest BCUT2D eigenvalue weighted by Crippen LogP contribution is 2.47. The van der Waals surface area contributed by atoms with Gasteiger partial charge in [0.15, 0.2) is 5.96 Å². The van der Waals surface area contributed by atoms with Crippen LogP contribution >= 0.6 is 0 Å². The van der Waals surface area contributed by atoms with Crippen molar-refractivity contribution in [3.63, 3.8) is 0 Å². The number of rotatable bonds is 6. The lowest BCUT2D eigenvalue weighted by atomic mass is 9.68. The summed E-state index contributed by atoms with van der Waals surface area (Å²) in [5.41, 5.74) is 0.505. The molecular formula is C17H32N4O3S. The number of ether oxygens (including phenoxy) is 1. The Balaban J connectivity index is 1.38. The molecular weight excluding hydrogens is 340 g/mol. The highest BCUT2D eigenvalue weighted by Gasteiger charge is 2.43. The summed E-state index contributed by atoms with van der Waals surface area (Å²) in [4.78, 5) is 6.60. The van der Waals surface area contributed by atoms with Gasteiger partial charge in [0.25, 0.3) is 0 Å². The zero-order valence-electron chi connectivity index (χ0n) is 15.3. The molecule has 0 amide bonds. The standard InChI is InChI=1S/C17H32N4O3S/c1-18-16(21-10-8-17(14-21)6-4-7-17)19-9-12-25(22,23)20-13-15-5-2-3-11-24-15/h15,20H,2-14H2,1H3,(H,18,19). The minimum Gasteiger partial charge on any atom is -0.377 e. The van der Waals surface area contributed by atoms with Crippen LogP contribution in [-0.4, -0.2) is 71.0 Å². The maximum absolute atomic E-state index is 12.2. The van der Waals surface area contributed by atoms with Crippen LogP contribution in [0.5, 0.6) is 0 Å². The van der Waals surface area contributed by atoms with Crippen molar-refractivity contribution in [2.24, 2.45) is 10.4 Å². The van der Waals surface area contributed by atoms with Gasteiger partial charge in [-0.2, -0.15) is 0 Å². The lowest BCUT2D eigenvalue weighted by molar-refractivity contribution is 0.0200. The summed E-state index contributed by atoms with van der Waals surface area (Å²) in [5.74, 6) is 0.882. The Bertz CT molecular complexity index is 568. The fourth-order valence-electron chi connectivity index (χ4n) is 4.09. The first-order valence-corrected chi connectivity index (χ1v) is 11.2. The van der Waals surface area contributed by atoms with Gasteiger partial charge in [0, 0.05) is 39.8 Å². The summed E-state index contributed by atoms with van der Waals surface area (Å²) < 4.78 is 32.6. The van der Waals surface area contributed by atoms with Gasteiger partial charge in [-0.25, -0.2) is 13.1 Å². The van der Waals surface area contributed by atoms with Crippen molar-refractivity contribution < 1.29 is 13.2 Å². The van der Waals surface area contributed by atoms with E-state index in [4.69, 9.17) is 4.74 Å². The second-order valence-corrected chi connectivity index (χ2v) is 9.58. The molecule has 1 spiro atoms. The van der Waals surface area contributed by atoms with Gasteiger partial charge in [-0.3, -0.25) is 4.99 Å². The van der Waals surface area contributed by atoms with Crippen LogP contribution in [0.3, 0.4) is 0 Å². The van der Waals surface area contributed by atoms with Gasteiger partial charge in [0.1, 0.15) is 0 Å². The molecule has 25 heavy (non-hydrogen) atoms. The maximum atomic E-state index is 12.2. The van der Waals surface area contributed by atoms with E-state index in [-0.39, 0.29) is 11.9 Å². The van der Waals surface area contributed by atoms with Crippen LogP contribution in [0.2, 0.25) is 0 Å². The molecule has 2 aliphatic heterocycles. The van der Waals surface area contributed by atoms with Crippen LogP contribution in [0.15, 0.2) is 4.99 Å². The molecule has 7 nitrogen and oxygen atoms in total. The second kappa shape index (κ2) is 8.22. The van der Waals surface area contributed by atoms with Gasteiger partial charge in [-0.15, -0.1) is 0 Å². The first kappa shape index (κ1) is 18.9. The molecule has 0 aromatic carbocycles. The van der Waals surface area contributed by atoms with E-state index in [1.807, 2.05) is 0 Å². The Kier molecular flexibility index (Phi) is 6.22. The van der Waals surface area contributed by atoms with E-state index in [0.29, 0.717) is 18.5 Å². The van der Waals surface area contributed by atoms with E-state index < -0.39 is 10.0 Å². The summed E-state index contributed by atoms with van der Waals surface area (Å²) in [6.07, 6.45) is 8.36. The van der Waals surface area contributed by atoms with E-state index in [1.54, 1.807) is 7.05 Å². The summed E-state index contributed by atoms with van der Waals surface area (Å²) >= 11 is 0. The number of guanidine groups is 1. The molecule has 3 aliphatic rings. The van der Waals surface area contributed by atoms with Gasteiger partial charge >= 0.3 is 0 Å². The molecule has 144 valence electrons. The molecule has 8 heteroatoms. The Morgan fingerprint density at radius 2 is 2.12 bits per heavy atom. The number of nitrogens with one attached hydrogen (secondary N) is 2. The summed E-state index contributed by atoms with van der Waals surface area (Å²) in [6, 6.07) is 0. The Labute approximate surface area is 151 Å². The largest absolute Gasteiger partial charge is 0.377 e. The molecule has 1 atom stereocenters. The van der Waals surface area contributed by atoms with Gasteiger partial charge < -0.3 is 15.0 Å². The minimum absolute atomic E-state index is 0.0208. The number of nitrogens with zero attached hydrogens (tertiary/aromatic N) is 2. The molecule has 3 rings (SSSR count). The molecule has 2 heterocycles. The molecule has 1 aliphatic carbocycles. The minimum atomic E-state index is -3.29. The first-order chi connectivity index (χ1) is 12.0. The lowest BCUT2D eigenvalue weighted by Gasteiger charge is -2.38. The number of aliphatic imine (C=N–C) groups is 1. The van der Waals surface area contributed by atoms with E-state index in [9.17, 15) is 8.42 Å². The molecule has 1 saturated carbocycles. The van der Waals surface area contributed by atoms with E-state index in [0.717, 1.165) is 44.9 Å². The molecule has 1 unspecified atom stereocenters. The average Bonchev–Trinajstić information content (AvgIpc) is 3.04. The molecule has 0 radical (unpaired) electrons. The van der Waals surface area contributed by atoms with Crippen molar-refractivity contribution in [3.05, 3.63) is 0 Å². The second-order valence-electron chi connectivity index (χ2n) is 7.66. The molecule has 0 bridgehead atoms. The molecule has 0 aromatic heterocycles. The van der Waals surface area contributed by atoms with Gasteiger partial charge in [-0.1, -0.05) is 6.42 Å². The van der Waals surface area contributed by atoms with Gasteiger partial charge in [0.2, 0.25) is 10.0 Å². The van der Waals surface area contributed by atoms with Gasteiger partial charge in [-0.05, 0) is 43.9 Å². The fraction of sp³-hybridized carbons (Fsp3) is 0.941. The quantitative estimate of drug-likeness (QED) is 0.535. The SMILES string of the molecule is CN=C(NCCS(=O)(=O)NCC1CCCCO1)N1CCC2(CCC2)C1. The highest BCUT2D eigenvalue weighted by molar-refractivity contribution is 7.89. The van der Waals surface area contributed by atoms with E-state index in [2.05, 4.69) is 19.9 Å². The normalized spacial score (nSPS) is 26.7. The van der Waals surface area contributed by atoms with Crippen molar-refractivity contribution in [1.82, 2.24) is 14.9 Å². The van der Waals surface area contributed by atoms with Crippen molar-refractivity contribution >= 4 is 16.0 Å². The maximum Gasteiger partial charge on any atom is 0.213 e. The third kappa shape index (κ3) is 5.08. The van der Waals surface area contributed by atoms with E-state index in [1.165, 1.54) is 25.7 Å². The summed E-state index contributed by atoms with van der Waals surface area (Å²) in [7, 11) is -1.53. The Morgan fingerprint density at radius 3 is 2.72 bits per heavy atom. The highest BCUT2D eigenvalue weighted by atomic mass is 32.2. The van der Waals surface area contributed by atoms with Crippen LogP contribution in [0.4, 0.5) is 0 Å². The topological polar surface area (TPSA) is 83.0 Å². The van der Waals surface area contributed by atoms with Gasteiger partial charge in [0.05, 0.1) is 11.9 Å². The monoisotopic (exact) mass is 372 g/mol. The molecule has 2 saturated heterocycles. The van der Waals surface area contributed by atoms with Crippen LogP contribution < -0.4 is 10.0 Å². The van der Waals surface area contributed by atoms with Crippen molar-refractivity contribution in [2.75, 3.05) is 45.6 Å². The summed E-state index contributed by atoms with van der Waals surface area (Å²) in [6.45, 7) is 3.56. The Morgan fingerprint density at radius 1 is 1.28 bits per heavy atom. The molecule has 3 fully saturated rings. The predicted molar refractivity (Wildman–Crippen MR) is 99.2 cm³/mol. The molecule has 2 N–H and O–H groups in total. The predicted octanol–water partition coefficient (Wildman–Crippen LogP) is 0.926. The van der Waals surface area contributed by atoms with Crippen LogP contribution in [0.1, 0.15) is 44.9 Å². The smallest absolute Gasteiger partial charge is 0.213 e. The number of hydrogen-bond acceptors (Lipinski definition) is 4. The Hall–Kier alpha value is -0.860.